The number of methoxy groups -OCH3 is 2. The maximum atomic E-state index is 11.7. The zero-order valence-corrected chi connectivity index (χ0v) is 37.7. The molecule has 0 saturated heterocycles. The molecule has 0 amide bonds. The van der Waals surface area contributed by atoms with Crippen molar-refractivity contribution < 1.29 is 25.9 Å². The van der Waals surface area contributed by atoms with Crippen molar-refractivity contribution in [2.45, 2.75) is 27.4 Å². The van der Waals surface area contributed by atoms with Crippen molar-refractivity contribution in [3.63, 3.8) is 0 Å². The van der Waals surface area contributed by atoms with Gasteiger partial charge in [0.1, 0.15) is 0 Å². The molecule has 5 aromatic heterocycles. The lowest BCUT2D eigenvalue weighted by molar-refractivity contribution is 0.397. The average molecular weight is 1020 g/mol. The minimum atomic E-state index is -2.20. The number of aromatic nitrogens is 5. The fourth-order valence-corrected chi connectivity index (χ4v) is 4.40. The van der Waals surface area contributed by atoms with Crippen LogP contribution in [0.3, 0.4) is 0 Å². The third-order valence-electron chi connectivity index (χ3n) is 6.73. The Morgan fingerprint density at radius 1 is 0.623 bits per heavy atom. The van der Waals surface area contributed by atoms with Crippen molar-refractivity contribution in [3.8, 4) is 17.4 Å². The second-order valence-corrected chi connectivity index (χ2v) is 13.6. The summed E-state index contributed by atoms with van der Waals surface area (Å²) in [5.74, 6) is 1.06. The van der Waals surface area contributed by atoms with Crippen molar-refractivity contribution in [3.05, 3.63) is 214 Å². The highest BCUT2D eigenvalue weighted by molar-refractivity contribution is 14.1. The Hall–Kier alpha value is -5.68. The van der Waals surface area contributed by atoms with Gasteiger partial charge in [-0.25, -0.2) is 9.97 Å². The molecular weight excluding hydrogens is 949 g/mol. The van der Waals surface area contributed by atoms with E-state index in [1.54, 1.807) is 43.6 Å². The summed E-state index contributed by atoms with van der Waals surface area (Å²) in [6.45, 7) is -6.45. The number of benzene rings is 2. The molecule has 0 saturated carbocycles. The first-order valence-electron chi connectivity index (χ1n) is 24.0. The molecule has 324 valence electrons. The second kappa shape index (κ2) is 33.1. The monoisotopic (exact) mass is 1020 g/mol. The molecule has 0 atom stereocenters. The van der Waals surface area contributed by atoms with E-state index < -0.39 is 27.4 Å². The number of hydrogen-bond acceptors (Lipinski definition) is 9. The summed E-state index contributed by atoms with van der Waals surface area (Å²) in [6, 6.07) is 33.4. The third kappa shape index (κ3) is 26.9. The number of halogens is 2. The molecule has 0 aliphatic rings. The first-order chi connectivity index (χ1) is 34.2. The first-order valence-corrected chi connectivity index (χ1v) is 19.9. The van der Waals surface area contributed by atoms with E-state index in [0.29, 0.717) is 17.4 Å². The fraction of sp³-hybridized carbons (Fsp3) is 0.213. The molecule has 5 heterocycles. The van der Waals surface area contributed by atoms with Gasteiger partial charge in [0, 0.05) is 105 Å². The summed E-state index contributed by atoms with van der Waals surface area (Å²) in [5.41, 5.74) is 0.502. The van der Waals surface area contributed by atoms with Crippen LogP contribution < -0.4 is 36.8 Å². The van der Waals surface area contributed by atoms with Crippen molar-refractivity contribution >= 4 is 38.5 Å². The van der Waals surface area contributed by atoms with Gasteiger partial charge >= 0.3 is 0 Å². The van der Waals surface area contributed by atoms with E-state index >= 15 is 0 Å². The number of likely N-dealkylation sites (N-methyl/N-ethyl adjacent to an activating group) is 2. The van der Waals surface area contributed by atoms with Crippen molar-refractivity contribution in [1.82, 2.24) is 35.1 Å². The first kappa shape index (κ1) is 36.0. The van der Waals surface area contributed by atoms with Gasteiger partial charge in [-0.2, -0.15) is 0 Å². The van der Waals surface area contributed by atoms with Gasteiger partial charge in [-0.15, -0.1) is 0 Å². The van der Waals surface area contributed by atoms with Crippen LogP contribution in [0.4, 0.5) is 0 Å². The predicted octanol–water partition coefficient (Wildman–Crippen LogP) is 8.48. The predicted molar refractivity (Wildman–Crippen MR) is 261 cm³/mol. The Balaban J connectivity index is 0.000000436. The molecule has 7 rings (SSSR count). The number of nitrogens with zero attached hydrogens (tertiary/aromatic N) is 3. The number of nitrogens with one attached hydrogen (secondary N) is 4. The molecular formula is C47H57BrIN7O5. The third-order valence-corrected chi connectivity index (χ3v) is 7.92. The van der Waals surface area contributed by atoms with Crippen LogP contribution in [-0.4, -0.2) is 65.9 Å². The molecule has 4 N–H and O–H groups in total. The second-order valence-electron chi connectivity index (χ2n) is 11.5. The summed E-state index contributed by atoms with van der Waals surface area (Å²) < 4.78 is 98.1. The number of para-hydroxylation sites is 1. The van der Waals surface area contributed by atoms with E-state index in [2.05, 4.69) is 81.2 Å². The summed E-state index contributed by atoms with van der Waals surface area (Å²) in [4.78, 5) is 45.0. The van der Waals surface area contributed by atoms with Crippen LogP contribution in [0.1, 0.15) is 38.7 Å². The Bertz CT molecular complexity index is 2670. The van der Waals surface area contributed by atoms with Gasteiger partial charge in [-0.05, 0) is 133 Å². The van der Waals surface area contributed by atoms with Gasteiger partial charge in [-0.3, -0.25) is 19.0 Å². The average Bonchev–Trinajstić information content (AvgIpc) is 3.34. The normalized spacial score (nSPS) is 13.0. The Morgan fingerprint density at radius 2 is 1.10 bits per heavy atom. The highest BCUT2D eigenvalue weighted by Gasteiger charge is 1.97. The van der Waals surface area contributed by atoms with E-state index in [9.17, 15) is 14.4 Å². The van der Waals surface area contributed by atoms with E-state index in [1.807, 2.05) is 44.4 Å². The Kier molecular flexibility index (Phi) is 19.5. The van der Waals surface area contributed by atoms with E-state index in [1.165, 1.54) is 88.6 Å². The fourth-order valence-electron chi connectivity index (χ4n) is 3.75. The number of hydrogen-bond donors (Lipinski definition) is 4. The van der Waals surface area contributed by atoms with E-state index in [0.717, 1.165) is 17.6 Å². The molecule has 61 heavy (non-hydrogen) atoms. The molecule has 0 bridgehead atoms. The summed E-state index contributed by atoms with van der Waals surface area (Å²) in [6.07, 6.45) is 6.76. The van der Waals surface area contributed by atoms with Crippen LogP contribution in [0.15, 0.2) is 171 Å². The molecule has 0 unspecified atom stereocenters. The van der Waals surface area contributed by atoms with Crippen LogP contribution in [0, 0.1) is 31.0 Å². The number of H-pyrrole nitrogens is 2. The van der Waals surface area contributed by atoms with Crippen LogP contribution in [0.25, 0.3) is 5.69 Å². The molecule has 0 aliphatic heterocycles. The SMILES string of the molecule is CNCCNC.COc1ccc(Br)cn1.Ic1ccccc1.[2H]C([2H])([2H])c1ccc(=O)[nH]c1.[2H]C([2H])([2H])c1ccc(=O)[nH]c1.[2H]C([2H])([2H])c1ccc(=O)n(-c2ccccc2)c1.[2H]C([2H])([2H])c1ccc(OC)nc1. The van der Waals surface area contributed by atoms with Crippen LogP contribution in [-0.2, 0) is 0 Å². The van der Waals surface area contributed by atoms with Crippen molar-refractivity contribution in [2.75, 3.05) is 41.4 Å². The molecule has 14 heteroatoms. The number of pyridine rings is 5. The topological polar surface area (TPSA) is 156 Å². The summed E-state index contributed by atoms with van der Waals surface area (Å²) >= 11 is 5.54. The molecule has 7 aromatic rings. The van der Waals surface area contributed by atoms with Gasteiger partial charge in [0.15, 0.2) is 0 Å². The Labute approximate surface area is 398 Å². The zero-order chi connectivity index (χ0) is 55.3. The van der Waals surface area contributed by atoms with Gasteiger partial charge < -0.3 is 30.1 Å². The lowest BCUT2D eigenvalue weighted by atomic mass is 10.3. The zero-order valence-electron chi connectivity index (χ0n) is 46.0. The largest absolute Gasteiger partial charge is 0.481 e. The maximum Gasteiger partial charge on any atom is 0.255 e. The lowest BCUT2D eigenvalue weighted by Crippen LogP contribution is -2.21. The van der Waals surface area contributed by atoms with Crippen molar-refractivity contribution in [1.29, 1.82) is 0 Å². The number of ether oxygens (including phenoxy) is 2. The van der Waals surface area contributed by atoms with Crippen LogP contribution in [0.2, 0.25) is 0 Å². The highest BCUT2D eigenvalue weighted by atomic mass is 127. The molecule has 0 radical (unpaired) electrons. The standard InChI is InChI=1S/C12H11NO.C7H9NO.C6H6BrNO.C6H5I.2C6H7NO.C4H12N2/c1-10-7-8-12(14)13(9-10)11-5-3-2-4-6-11;1-6-3-4-7(9-2)8-5-6;1-9-6-3-2-5(7)4-8-6;7-6-4-2-1-3-5-6;2*1-5-2-3-6(8)7-4-5;1-5-3-4-6-2/h2-9H,1H3;3-5H,1-2H3;2-4H,1H3;1-5H;2*2-4H,1H3,(H,7,8);5-6H,3-4H2,1-2H3/i2*1D3;;;2*1D3;. The number of aromatic amines is 2. The summed E-state index contributed by atoms with van der Waals surface area (Å²) in [5, 5.41) is 6.01. The maximum absolute atomic E-state index is 11.7. The Morgan fingerprint density at radius 3 is 1.48 bits per heavy atom. The van der Waals surface area contributed by atoms with Gasteiger partial charge in [-0.1, -0.05) is 60.7 Å². The van der Waals surface area contributed by atoms with Gasteiger partial charge in [0.05, 0.1) is 14.2 Å². The lowest BCUT2D eigenvalue weighted by Gasteiger charge is -2.05. The van der Waals surface area contributed by atoms with Gasteiger partial charge in [0.25, 0.3) is 5.56 Å². The number of aryl methyl sites for hydroxylation is 4. The van der Waals surface area contributed by atoms with Crippen LogP contribution in [0.5, 0.6) is 11.8 Å². The quantitative estimate of drug-likeness (QED) is 0.0949. The molecule has 2 aromatic carbocycles. The van der Waals surface area contributed by atoms with Gasteiger partial charge in [0.2, 0.25) is 22.9 Å². The molecule has 0 spiro atoms. The van der Waals surface area contributed by atoms with Crippen molar-refractivity contribution in [2.24, 2.45) is 0 Å². The summed E-state index contributed by atoms with van der Waals surface area (Å²) in [7, 11) is 6.96. The van der Waals surface area contributed by atoms with Crippen LogP contribution >= 0.6 is 38.5 Å². The molecule has 0 aliphatic carbocycles. The smallest absolute Gasteiger partial charge is 0.255 e. The van der Waals surface area contributed by atoms with E-state index in [-0.39, 0.29) is 38.9 Å². The minimum Gasteiger partial charge on any atom is -0.481 e. The minimum absolute atomic E-state index is 0.150. The highest BCUT2D eigenvalue weighted by Crippen LogP contribution is 2.11. The molecule has 12 nitrogen and oxygen atoms in total. The van der Waals surface area contributed by atoms with E-state index in [4.69, 9.17) is 25.9 Å². The molecule has 0 fully saturated rings. The number of rotatable bonds is 6.